The summed E-state index contributed by atoms with van der Waals surface area (Å²) in [5.41, 5.74) is 0.136. The number of nitrogens with zero attached hydrogens (tertiary/aromatic N) is 1. The molecule has 1 aliphatic carbocycles. The molecule has 4 rings (SSSR count). The second-order valence-corrected chi connectivity index (χ2v) is 8.74. The first kappa shape index (κ1) is 18.9. The van der Waals surface area contributed by atoms with Crippen LogP contribution >= 0.6 is 11.3 Å². The average Bonchev–Trinajstić information content (AvgIpc) is 3.24. The Hall–Kier alpha value is -2.40. The number of rotatable bonds is 6. The second-order valence-electron chi connectivity index (χ2n) is 7.71. The molecule has 1 saturated carbocycles. The molecule has 0 spiro atoms. The zero-order valence-electron chi connectivity index (χ0n) is 16.0. The van der Waals surface area contributed by atoms with E-state index in [4.69, 9.17) is 0 Å². The molecule has 28 heavy (non-hydrogen) atoms. The lowest BCUT2D eigenvalue weighted by molar-refractivity contribution is -0.162. The van der Waals surface area contributed by atoms with E-state index in [1.807, 2.05) is 60.0 Å². The van der Waals surface area contributed by atoms with Crippen molar-refractivity contribution in [1.29, 1.82) is 0 Å². The van der Waals surface area contributed by atoms with Gasteiger partial charge in [0.1, 0.15) is 5.54 Å². The van der Waals surface area contributed by atoms with E-state index in [0.29, 0.717) is 6.54 Å². The second kappa shape index (κ2) is 8.31. The third-order valence-corrected chi connectivity index (χ3v) is 6.64. The smallest absolute Gasteiger partial charge is 0.250 e. The van der Waals surface area contributed by atoms with Crippen LogP contribution in [0.5, 0.6) is 0 Å². The van der Waals surface area contributed by atoms with Crippen LogP contribution in [-0.2, 0) is 16.1 Å². The van der Waals surface area contributed by atoms with Crippen molar-refractivity contribution in [1.82, 2.24) is 10.2 Å². The van der Waals surface area contributed by atoms with Crippen molar-refractivity contribution in [2.24, 2.45) is 0 Å². The molecular weight excluding hydrogens is 368 g/mol. The van der Waals surface area contributed by atoms with Gasteiger partial charge in [-0.15, -0.1) is 11.3 Å². The van der Waals surface area contributed by atoms with Gasteiger partial charge in [0, 0.05) is 10.9 Å². The summed E-state index contributed by atoms with van der Waals surface area (Å²) in [6.45, 7) is 0.480. The molecule has 1 atom stereocenters. The maximum atomic E-state index is 13.4. The summed E-state index contributed by atoms with van der Waals surface area (Å²) < 4.78 is 0. The van der Waals surface area contributed by atoms with Gasteiger partial charge in [-0.2, -0.15) is 0 Å². The van der Waals surface area contributed by atoms with Crippen molar-refractivity contribution >= 4 is 29.2 Å². The molecule has 1 saturated heterocycles. The highest BCUT2D eigenvalue weighted by molar-refractivity contribution is 7.09. The number of hydrogen-bond donors (Lipinski definition) is 1. The molecule has 5 heteroatoms. The Bertz CT molecular complexity index is 841. The van der Waals surface area contributed by atoms with Crippen molar-refractivity contribution in [3.8, 4) is 0 Å². The number of likely N-dealkylation sites (tertiary alicyclic amines) is 1. The van der Waals surface area contributed by atoms with Crippen LogP contribution in [0.3, 0.4) is 0 Å². The predicted octanol–water partition coefficient (Wildman–Crippen LogP) is 4.38. The van der Waals surface area contributed by atoms with Crippen LogP contribution < -0.4 is 5.32 Å². The van der Waals surface area contributed by atoms with Gasteiger partial charge in [0.2, 0.25) is 5.91 Å². The molecular formula is C23H26N2O2S. The highest BCUT2D eigenvalue weighted by atomic mass is 32.1. The number of nitrogens with one attached hydrogen (secondary N) is 1. The Labute approximate surface area is 170 Å². The summed E-state index contributed by atoms with van der Waals surface area (Å²) in [6.07, 6.45) is 9.76. The van der Waals surface area contributed by atoms with Crippen LogP contribution in [0.2, 0.25) is 0 Å². The molecule has 1 aromatic heterocycles. The number of carbonyl (C=O) groups excluding carboxylic acids is 2. The molecule has 2 aromatic rings. The summed E-state index contributed by atoms with van der Waals surface area (Å²) in [5, 5.41) is 5.25. The topological polar surface area (TPSA) is 49.4 Å². The lowest BCUT2D eigenvalue weighted by atomic mass is 9.81. The number of benzene rings is 1. The highest BCUT2D eigenvalue weighted by Crippen LogP contribution is 2.37. The highest BCUT2D eigenvalue weighted by Gasteiger charge is 2.55. The Kier molecular flexibility index (Phi) is 5.62. The summed E-state index contributed by atoms with van der Waals surface area (Å²) in [7, 11) is 0. The standard InChI is InChI=1S/C23H26N2O2S/c26-21-16-23(14-13-18-8-3-1-4-9-18,25(21)17-20-12-7-15-28-20)22(27)24-19-10-5-2-6-11-19/h1,3-4,7-9,12-15,19H,2,5-6,10-11,16-17H2,(H,24,27). The largest absolute Gasteiger partial charge is 0.351 e. The first-order chi connectivity index (χ1) is 13.7. The maximum Gasteiger partial charge on any atom is 0.250 e. The number of β-lactam (4-membered cyclic amide) rings is 1. The van der Waals surface area contributed by atoms with Crippen LogP contribution in [0.15, 0.2) is 53.9 Å². The summed E-state index contributed by atoms with van der Waals surface area (Å²) in [5.74, 6) is -0.00681. The first-order valence-corrected chi connectivity index (χ1v) is 10.9. The number of carbonyl (C=O) groups is 2. The van der Waals surface area contributed by atoms with Crippen molar-refractivity contribution in [2.75, 3.05) is 0 Å². The van der Waals surface area contributed by atoms with Crippen LogP contribution in [-0.4, -0.2) is 28.3 Å². The summed E-state index contributed by atoms with van der Waals surface area (Å²) in [4.78, 5) is 28.7. The van der Waals surface area contributed by atoms with Gasteiger partial charge in [-0.3, -0.25) is 9.59 Å². The lowest BCUT2D eigenvalue weighted by Gasteiger charge is -2.49. The van der Waals surface area contributed by atoms with E-state index in [1.54, 1.807) is 16.2 Å². The van der Waals surface area contributed by atoms with Gasteiger partial charge in [-0.05, 0) is 35.9 Å². The molecule has 0 bridgehead atoms. The van der Waals surface area contributed by atoms with Gasteiger partial charge < -0.3 is 10.2 Å². The molecule has 1 aliphatic heterocycles. The zero-order valence-corrected chi connectivity index (χ0v) is 16.8. The summed E-state index contributed by atoms with van der Waals surface area (Å²) in [6, 6.07) is 14.2. The summed E-state index contributed by atoms with van der Waals surface area (Å²) >= 11 is 1.62. The zero-order chi connectivity index (χ0) is 19.4. The fourth-order valence-corrected chi connectivity index (χ4v) is 4.82. The van der Waals surface area contributed by atoms with Crippen LogP contribution in [0.1, 0.15) is 49.0 Å². The quantitative estimate of drug-likeness (QED) is 0.739. The van der Waals surface area contributed by atoms with Crippen LogP contribution in [0.25, 0.3) is 6.08 Å². The minimum Gasteiger partial charge on any atom is -0.351 e. The molecule has 4 nitrogen and oxygen atoms in total. The maximum absolute atomic E-state index is 13.4. The van der Waals surface area contributed by atoms with Gasteiger partial charge >= 0.3 is 0 Å². The molecule has 1 unspecified atom stereocenters. The fraction of sp³-hybridized carbons (Fsp3) is 0.391. The fourth-order valence-electron chi connectivity index (χ4n) is 4.12. The number of hydrogen-bond acceptors (Lipinski definition) is 3. The van der Waals surface area contributed by atoms with Crippen LogP contribution in [0, 0.1) is 0 Å². The minimum absolute atomic E-state index is 0.0323. The van der Waals surface area contributed by atoms with Crippen molar-refractivity contribution in [3.05, 3.63) is 64.4 Å². The van der Waals surface area contributed by atoms with Crippen molar-refractivity contribution < 1.29 is 9.59 Å². The van der Waals surface area contributed by atoms with Gasteiger partial charge in [-0.25, -0.2) is 0 Å². The Morgan fingerprint density at radius 2 is 1.93 bits per heavy atom. The van der Waals surface area contributed by atoms with Crippen LogP contribution in [0.4, 0.5) is 0 Å². The molecule has 2 fully saturated rings. The SMILES string of the molecule is O=C1CC(C=Cc2ccccc2)(C(=O)NC2CCCCC2)N1Cc1cccs1. The van der Waals surface area contributed by atoms with E-state index in [0.717, 1.165) is 36.1 Å². The van der Waals surface area contributed by atoms with E-state index in [2.05, 4.69) is 5.32 Å². The Morgan fingerprint density at radius 3 is 2.61 bits per heavy atom. The monoisotopic (exact) mass is 394 g/mol. The van der Waals surface area contributed by atoms with Gasteiger partial charge in [-0.1, -0.05) is 61.7 Å². The third kappa shape index (κ3) is 3.90. The third-order valence-electron chi connectivity index (χ3n) is 5.78. The molecule has 1 aromatic carbocycles. The first-order valence-electron chi connectivity index (χ1n) is 10.1. The molecule has 146 valence electrons. The average molecular weight is 395 g/mol. The van der Waals surface area contributed by atoms with Gasteiger partial charge in [0.15, 0.2) is 0 Å². The molecule has 0 radical (unpaired) electrons. The predicted molar refractivity (Wildman–Crippen MR) is 113 cm³/mol. The number of amides is 2. The number of thiophene rings is 1. The van der Waals surface area contributed by atoms with E-state index < -0.39 is 5.54 Å². The van der Waals surface area contributed by atoms with Crippen molar-refractivity contribution in [3.63, 3.8) is 0 Å². The Morgan fingerprint density at radius 1 is 1.14 bits per heavy atom. The normalized spacial score (nSPS) is 23.0. The molecule has 2 heterocycles. The Balaban J connectivity index is 1.59. The van der Waals surface area contributed by atoms with Gasteiger partial charge in [0.25, 0.3) is 5.91 Å². The molecule has 2 amide bonds. The minimum atomic E-state index is -0.894. The lowest BCUT2D eigenvalue weighted by Crippen LogP contribution is -2.69. The molecule has 2 aliphatic rings. The van der Waals surface area contributed by atoms with E-state index in [1.165, 1.54) is 6.42 Å². The molecule has 1 N–H and O–H groups in total. The van der Waals surface area contributed by atoms with E-state index in [-0.39, 0.29) is 24.3 Å². The van der Waals surface area contributed by atoms with E-state index in [9.17, 15) is 9.59 Å². The van der Waals surface area contributed by atoms with Crippen molar-refractivity contribution in [2.45, 2.75) is 56.7 Å². The van der Waals surface area contributed by atoms with Gasteiger partial charge in [0.05, 0.1) is 13.0 Å². The van der Waals surface area contributed by atoms with E-state index >= 15 is 0 Å².